The number of nitrogens with zero attached hydrogens (tertiary/aromatic N) is 1. The number of hydrogen-bond donors (Lipinski definition) is 3. The summed E-state index contributed by atoms with van der Waals surface area (Å²) >= 11 is 0. The van der Waals surface area contributed by atoms with Crippen LogP contribution >= 0.6 is 0 Å². The second-order valence-electron chi connectivity index (χ2n) is 9.00. The highest BCUT2D eigenvalue weighted by Crippen LogP contribution is 2.48. The molecule has 0 atom stereocenters. The minimum Gasteiger partial charge on any atom is -0.495 e. The standard InChI is InChI=1S/C28H23F3N4O4/c1-32-22-14-21-18(13-24(22)38-2)23(7-10-33-21)39-25-19(30)11-17(12-20(25)31)35-27(37)28(8-9-28)26(36)34-16-5-3-15(29)4-6-16/h3-7,10-14,32H,8-9H2,1-2H3,(H,34,36)(H,35,37). The van der Waals surface area contributed by atoms with E-state index < -0.39 is 40.4 Å². The van der Waals surface area contributed by atoms with E-state index in [4.69, 9.17) is 9.47 Å². The van der Waals surface area contributed by atoms with Crippen molar-refractivity contribution >= 4 is 39.8 Å². The Morgan fingerprint density at radius 1 is 0.872 bits per heavy atom. The molecule has 0 aliphatic heterocycles. The predicted octanol–water partition coefficient (Wildman–Crippen LogP) is 5.85. The fourth-order valence-corrected chi connectivity index (χ4v) is 4.16. The van der Waals surface area contributed by atoms with Crippen LogP contribution in [0.2, 0.25) is 0 Å². The number of methoxy groups -OCH3 is 1. The summed E-state index contributed by atoms with van der Waals surface area (Å²) in [5.41, 5.74) is -0.0638. The second kappa shape index (κ2) is 10.2. The van der Waals surface area contributed by atoms with E-state index in [2.05, 4.69) is 20.9 Å². The summed E-state index contributed by atoms with van der Waals surface area (Å²) in [6.45, 7) is 0. The summed E-state index contributed by atoms with van der Waals surface area (Å²) in [4.78, 5) is 29.9. The SMILES string of the molecule is CNc1cc2nccc(Oc3c(F)cc(NC(=O)C4(C(=O)Nc5ccc(F)cc5)CC4)cc3F)c2cc1OC. The van der Waals surface area contributed by atoms with Gasteiger partial charge in [0.1, 0.15) is 22.7 Å². The van der Waals surface area contributed by atoms with E-state index in [9.17, 15) is 14.0 Å². The Kier molecular flexibility index (Phi) is 6.73. The molecule has 2 amide bonds. The zero-order valence-electron chi connectivity index (χ0n) is 20.9. The van der Waals surface area contributed by atoms with E-state index in [1.54, 1.807) is 19.2 Å². The Bertz CT molecular complexity index is 1570. The lowest BCUT2D eigenvalue weighted by Gasteiger charge is -2.17. The number of hydrogen-bond acceptors (Lipinski definition) is 6. The molecule has 5 rings (SSSR count). The number of benzene rings is 3. The topological polar surface area (TPSA) is 102 Å². The minimum atomic E-state index is -1.39. The summed E-state index contributed by atoms with van der Waals surface area (Å²) in [5.74, 6) is -3.93. The van der Waals surface area contributed by atoms with Crippen LogP contribution in [0.4, 0.5) is 30.2 Å². The number of carbonyl (C=O) groups excluding carboxylic acids is 2. The summed E-state index contributed by atoms with van der Waals surface area (Å²) in [6.07, 6.45) is 1.96. The van der Waals surface area contributed by atoms with E-state index >= 15 is 8.78 Å². The van der Waals surface area contributed by atoms with Crippen molar-refractivity contribution in [1.82, 2.24) is 4.98 Å². The van der Waals surface area contributed by atoms with E-state index in [0.717, 1.165) is 12.1 Å². The van der Waals surface area contributed by atoms with E-state index in [1.807, 2.05) is 0 Å². The van der Waals surface area contributed by atoms with Crippen molar-refractivity contribution in [3.63, 3.8) is 0 Å². The maximum Gasteiger partial charge on any atom is 0.240 e. The normalized spacial score (nSPS) is 13.5. The summed E-state index contributed by atoms with van der Waals surface area (Å²) < 4.78 is 54.1. The first-order valence-electron chi connectivity index (χ1n) is 11.9. The van der Waals surface area contributed by atoms with Gasteiger partial charge < -0.3 is 25.4 Å². The molecule has 8 nitrogen and oxygen atoms in total. The highest BCUT2D eigenvalue weighted by molar-refractivity contribution is 6.16. The van der Waals surface area contributed by atoms with Gasteiger partial charge in [-0.1, -0.05) is 0 Å². The zero-order chi connectivity index (χ0) is 27.7. The molecule has 0 bridgehead atoms. The number of pyridine rings is 1. The zero-order valence-corrected chi connectivity index (χ0v) is 20.9. The van der Waals surface area contributed by atoms with Gasteiger partial charge in [0.15, 0.2) is 17.4 Å². The second-order valence-corrected chi connectivity index (χ2v) is 9.00. The first-order chi connectivity index (χ1) is 18.7. The van der Waals surface area contributed by atoms with Gasteiger partial charge in [0, 0.05) is 42.1 Å². The summed E-state index contributed by atoms with van der Waals surface area (Å²) in [5, 5.41) is 8.45. The van der Waals surface area contributed by atoms with Crippen molar-refractivity contribution in [3.8, 4) is 17.2 Å². The summed E-state index contributed by atoms with van der Waals surface area (Å²) in [7, 11) is 3.21. The smallest absolute Gasteiger partial charge is 0.240 e. The Morgan fingerprint density at radius 3 is 2.10 bits per heavy atom. The van der Waals surface area contributed by atoms with Gasteiger partial charge in [-0.2, -0.15) is 0 Å². The Labute approximate surface area is 221 Å². The number of halogens is 3. The van der Waals surface area contributed by atoms with Gasteiger partial charge in [-0.25, -0.2) is 13.2 Å². The van der Waals surface area contributed by atoms with Crippen LogP contribution in [-0.4, -0.2) is 31.0 Å². The molecular weight excluding hydrogens is 513 g/mol. The molecule has 11 heteroatoms. The van der Waals surface area contributed by atoms with Crippen molar-refractivity contribution in [2.75, 3.05) is 30.1 Å². The van der Waals surface area contributed by atoms with Gasteiger partial charge in [-0.3, -0.25) is 14.6 Å². The molecule has 0 unspecified atom stereocenters. The number of anilines is 3. The maximum atomic E-state index is 15.0. The van der Waals surface area contributed by atoms with E-state index in [1.165, 1.54) is 43.6 Å². The number of amides is 2. The molecule has 1 fully saturated rings. The van der Waals surface area contributed by atoms with Crippen molar-refractivity contribution in [1.29, 1.82) is 0 Å². The summed E-state index contributed by atoms with van der Waals surface area (Å²) in [6, 6.07) is 11.7. The first-order valence-corrected chi connectivity index (χ1v) is 11.9. The number of nitrogens with one attached hydrogen (secondary N) is 3. The van der Waals surface area contributed by atoms with Crippen molar-refractivity contribution in [3.05, 3.63) is 78.2 Å². The first kappa shape index (κ1) is 25.8. The van der Waals surface area contributed by atoms with Gasteiger partial charge >= 0.3 is 0 Å². The Morgan fingerprint density at radius 2 is 1.51 bits per heavy atom. The maximum absolute atomic E-state index is 15.0. The number of fused-ring (bicyclic) bond motifs is 1. The van der Waals surface area contributed by atoms with Crippen LogP contribution in [0.15, 0.2) is 60.8 Å². The van der Waals surface area contributed by atoms with Crippen LogP contribution < -0.4 is 25.4 Å². The quantitative estimate of drug-likeness (QED) is 0.244. The highest BCUT2D eigenvalue weighted by Gasteiger charge is 2.56. The molecule has 39 heavy (non-hydrogen) atoms. The molecule has 0 saturated heterocycles. The molecule has 3 N–H and O–H groups in total. The minimum absolute atomic E-state index is 0.143. The molecule has 1 saturated carbocycles. The lowest BCUT2D eigenvalue weighted by Crippen LogP contribution is -2.35. The molecule has 0 radical (unpaired) electrons. The third kappa shape index (κ3) is 5.02. The molecule has 1 heterocycles. The van der Waals surface area contributed by atoms with Crippen LogP contribution in [0.1, 0.15) is 12.8 Å². The monoisotopic (exact) mass is 536 g/mol. The molecule has 1 aromatic heterocycles. The fraction of sp³-hybridized carbons (Fsp3) is 0.179. The highest BCUT2D eigenvalue weighted by atomic mass is 19.1. The average Bonchev–Trinajstić information content (AvgIpc) is 3.74. The molecule has 1 aliphatic carbocycles. The van der Waals surface area contributed by atoms with E-state index in [0.29, 0.717) is 28.0 Å². The van der Waals surface area contributed by atoms with Crippen molar-refractivity contribution < 1.29 is 32.2 Å². The molecule has 4 aromatic rings. The van der Waals surface area contributed by atoms with Crippen LogP contribution in [0.5, 0.6) is 17.2 Å². The third-order valence-electron chi connectivity index (χ3n) is 6.48. The number of aromatic nitrogens is 1. The number of ether oxygens (including phenoxy) is 2. The van der Waals surface area contributed by atoms with E-state index in [-0.39, 0.29) is 24.3 Å². The Balaban J connectivity index is 1.35. The van der Waals surface area contributed by atoms with Crippen LogP contribution in [-0.2, 0) is 9.59 Å². The molecule has 200 valence electrons. The third-order valence-corrected chi connectivity index (χ3v) is 6.48. The number of carbonyl (C=O) groups is 2. The molecule has 1 aliphatic rings. The van der Waals surface area contributed by atoms with Gasteiger partial charge in [-0.05, 0) is 55.3 Å². The fourth-order valence-electron chi connectivity index (χ4n) is 4.16. The Hall–Kier alpha value is -4.80. The predicted molar refractivity (Wildman–Crippen MR) is 140 cm³/mol. The van der Waals surface area contributed by atoms with Crippen molar-refractivity contribution in [2.24, 2.45) is 5.41 Å². The van der Waals surface area contributed by atoms with Gasteiger partial charge in [0.25, 0.3) is 0 Å². The molecule has 3 aromatic carbocycles. The number of rotatable bonds is 8. The average molecular weight is 537 g/mol. The van der Waals surface area contributed by atoms with Crippen LogP contribution in [0, 0.1) is 22.9 Å². The largest absolute Gasteiger partial charge is 0.495 e. The van der Waals surface area contributed by atoms with Gasteiger partial charge in [-0.15, -0.1) is 0 Å². The molecular formula is C28H23F3N4O4. The molecule has 0 spiro atoms. The lowest BCUT2D eigenvalue weighted by molar-refractivity contribution is -0.131. The lowest BCUT2D eigenvalue weighted by atomic mass is 10.0. The van der Waals surface area contributed by atoms with Gasteiger partial charge in [0.05, 0.1) is 18.3 Å². The van der Waals surface area contributed by atoms with Crippen LogP contribution in [0.25, 0.3) is 10.9 Å². The van der Waals surface area contributed by atoms with Crippen LogP contribution in [0.3, 0.4) is 0 Å². The van der Waals surface area contributed by atoms with Crippen molar-refractivity contribution in [2.45, 2.75) is 12.8 Å². The van der Waals surface area contributed by atoms with Gasteiger partial charge in [0.2, 0.25) is 11.8 Å².